The molecular weight excluding hydrogens is 309 g/mol. The van der Waals surface area contributed by atoms with Crippen molar-refractivity contribution in [2.75, 3.05) is 12.3 Å². The largest absolute Gasteiger partial charge is 0.479 e. The van der Waals surface area contributed by atoms with Gasteiger partial charge in [0.05, 0.1) is 0 Å². The second kappa shape index (κ2) is 6.91. The van der Waals surface area contributed by atoms with Crippen molar-refractivity contribution in [1.82, 2.24) is 4.90 Å². The van der Waals surface area contributed by atoms with Gasteiger partial charge in [0.1, 0.15) is 5.82 Å². The van der Waals surface area contributed by atoms with Crippen molar-refractivity contribution in [3.63, 3.8) is 0 Å². The molecule has 1 aromatic rings. The highest BCUT2D eigenvalue weighted by Crippen LogP contribution is 2.31. The Morgan fingerprint density at radius 1 is 1.45 bits per heavy atom. The number of benzene rings is 1. The van der Waals surface area contributed by atoms with Crippen LogP contribution in [0.5, 0.6) is 0 Å². The van der Waals surface area contributed by atoms with E-state index in [1.165, 1.54) is 36.1 Å². The molecule has 0 aliphatic carbocycles. The smallest absolute Gasteiger partial charge is 0.331 e. The predicted molar refractivity (Wildman–Crippen MR) is 79.7 cm³/mol. The molecular formula is C15H16FNO4S. The van der Waals surface area contributed by atoms with Crippen molar-refractivity contribution >= 4 is 28.8 Å². The Hall–Kier alpha value is -1.89. The van der Waals surface area contributed by atoms with Crippen LogP contribution in [0.15, 0.2) is 24.3 Å². The highest BCUT2D eigenvalue weighted by atomic mass is 32.2. The topological polar surface area (TPSA) is 74.7 Å². The molecule has 1 fully saturated rings. The number of hydrogen-bond acceptors (Lipinski definition) is 4. The van der Waals surface area contributed by atoms with Crippen molar-refractivity contribution in [2.45, 2.75) is 19.4 Å². The Morgan fingerprint density at radius 2 is 2.14 bits per heavy atom. The molecule has 1 N–H and O–H groups in total. The van der Waals surface area contributed by atoms with Crippen LogP contribution in [0.2, 0.25) is 0 Å². The van der Waals surface area contributed by atoms with Crippen LogP contribution in [0, 0.1) is 11.7 Å². The molecule has 2 rings (SSSR count). The monoisotopic (exact) mass is 325 g/mol. The number of halogens is 1. The molecule has 2 atom stereocenters. The van der Waals surface area contributed by atoms with E-state index in [9.17, 15) is 23.9 Å². The summed E-state index contributed by atoms with van der Waals surface area (Å²) in [6, 6.07) is 4.22. The Morgan fingerprint density at radius 3 is 2.73 bits per heavy atom. The predicted octanol–water partition coefficient (Wildman–Crippen LogP) is 2.08. The zero-order valence-electron chi connectivity index (χ0n) is 12.0. The molecule has 0 radical (unpaired) electrons. The number of carboxylic acid groups (broad SMARTS) is 1. The fraction of sp³-hybridized carbons (Fsp3) is 0.400. The maximum atomic E-state index is 13.9. The van der Waals surface area contributed by atoms with Gasteiger partial charge in [0.2, 0.25) is 5.91 Å². The van der Waals surface area contributed by atoms with Gasteiger partial charge in [-0.25, -0.2) is 9.18 Å². The summed E-state index contributed by atoms with van der Waals surface area (Å²) in [4.78, 5) is 35.8. The van der Waals surface area contributed by atoms with Gasteiger partial charge in [0.25, 0.3) is 0 Å². The number of carbonyl (C=O) groups is 3. The number of nitrogens with zero attached hydrogens (tertiary/aromatic N) is 1. The average Bonchev–Trinajstić information content (AvgIpc) is 2.80. The molecule has 1 heterocycles. The normalized spacial score (nSPS) is 19.3. The van der Waals surface area contributed by atoms with E-state index in [1.807, 2.05) is 0 Å². The molecule has 0 bridgehead atoms. The first-order valence-electron chi connectivity index (χ1n) is 6.80. The number of aliphatic carboxylic acids is 1. The number of carboxylic acids is 1. The van der Waals surface area contributed by atoms with Crippen LogP contribution < -0.4 is 0 Å². The highest BCUT2D eigenvalue weighted by molar-refractivity contribution is 8.13. The van der Waals surface area contributed by atoms with Crippen LogP contribution in [0.4, 0.5) is 4.39 Å². The minimum Gasteiger partial charge on any atom is -0.479 e. The van der Waals surface area contributed by atoms with E-state index < -0.39 is 17.8 Å². The second-order valence-electron chi connectivity index (χ2n) is 5.18. The number of carbonyl (C=O) groups excluding carboxylic acids is 2. The lowest BCUT2D eigenvalue weighted by Gasteiger charge is -2.25. The van der Waals surface area contributed by atoms with Crippen molar-refractivity contribution in [3.8, 4) is 0 Å². The van der Waals surface area contributed by atoms with Gasteiger partial charge in [-0.05, 0) is 12.0 Å². The van der Waals surface area contributed by atoms with Crippen molar-refractivity contribution < 1.29 is 23.9 Å². The van der Waals surface area contributed by atoms with Gasteiger partial charge in [-0.15, -0.1) is 0 Å². The van der Waals surface area contributed by atoms with E-state index >= 15 is 0 Å². The van der Waals surface area contributed by atoms with E-state index in [4.69, 9.17) is 0 Å². The van der Waals surface area contributed by atoms with Crippen LogP contribution in [-0.2, 0) is 14.4 Å². The third kappa shape index (κ3) is 3.65. The first kappa shape index (κ1) is 16.5. The van der Waals surface area contributed by atoms with Crippen LogP contribution >= 0.6 is 11.8 Å². The molecule has 118 valence electrons. The van der Waals surface area contributed by atoms with Crippen LogP contribution in [0.1, 0.15) is 24.9 Å². The van der Waals surface area contributed by atoms with Gasteiger partial charge in [0, 0.05) is 31.2 Å². The van der Waals surface area contributed by atoms with Gasteiger partial charge in [-0.2, -0.15) is 0 Å². The molecule has 0 aromatic heterocycles. The molecule has 0 saturated carbocycles. The molecule has 1 aromatic carbocycles. The summed E-state index contributed by atoms with van der Waals surface area (Å²) < 4.78 is 13.9. The van der Waals surface area contributed by atoms with Gasteiger partial charge in [-0.1, -0.05) is 30.0 Å². The van der Waals surface area contributed by atoms with E-state index in [2.05, 4.69) is 0 Å². The Kier molecular flexibility index (Phi) is 5.18. The molecule has 2 unspecified atom stereocenters. The minimum atomic E-state index is -1.33. The summed E-state index contributed by atoms with van der Waals surface area (Å²) in [5.74, 6) is -1.89. The number of amides is 1. The molecule has 1 aliphatic rings. The third-order valence-corrected chi connectivity index (χ3v) is 4.55. The summed E-state index contributed by atoms with van der Waals surface area (Å²) in [5, 5.41) is 9.37. The van der Waals surface area contributed by atoms with Crippen molar-refractivity contribution in [1.29, 1.82) is 0 Å². The third-order valence-electron chi connectivity index (χ3n) is 3.51. The fourth-order valence-corrected chi connectivity index (χ4v) is 3.23. The zero-order chi connectivity index (χ0) is 16.3. The molecule has 0 spiro atoms. The molecule has 1 aliphatic heterocycles. The van der Waals surface area contributed by atoms with Crippen molar-refractivity contribution in [2.24, 2.45) is 5.92 Å². The summed E-state index contributed by atoms with van der Waals surface area (Å²) in [5.41, 5.74) is -0.0248. The number of likely N-dealkylation sites (tertiary alicyclic amines) is 1. The van der Waals surface area contributed by atoms with Gasteiger partial charge in [-0.3, -0.25) is 9.59 Å². The number of hydrogen-bond donors (Lipinski definition) is 1. The average molecular weight is 325 g/mol. The summed E-state index contributed by atoms with van der Waals surface area (Å²) in [6.45, 7) is 1.66. The van der Waals surface area contributed by atoms with E-state index in [0.717, 1.165) is 11.8 Å². The Labute approximate surface area is 131 Å². The first-order chi connectivity index (χ1) is 10.4. The maximum Gasteiger partial charge on any atom is 0.331 e. The highest BCUT2D eigenvalue weighted by Gasteiger charge is 2.39. The van der Waals surface area contributed by atoms with Crippen LogP contribution in [0.3, 0.4) is 0 Å². The van der Waals surface area contributed by atoms with Gasteiger partial charge < -0.3 is 10.0 Å². The van der Waals surface area contributed by atoms with Crippen LogP contribution in [-0.4, -0.2) is 39.3 Å². The summed E-state index contributed by atoms with van der Waals surface area (Å²) in [7, 11) is 0. The lowest BCUT2D eigenvalue weighted by Crippen LogP contribution is -2.36. The quantitative estimate of drug-likeness (QED) is 0.897. The number of rotatable bonds is 5. The maximum absolute atomic E-state index is 13.9. The summed E-state index contributed by atoms with van der Waals surface area (Å²) >= 11 is 1.11. The fourth-order valence-electron chi connectivity index (χ4n) is 2.54. The van der Waals surface area contributed by atoms with E-state index in [1.54, 1.807) is 0 Å². The molecule has 5 nitrogen and oxygen atoms in total. The molecule has 7 heteroatoms. The van der Waals surface area contributed by atoms with E-state index in [-0.39, 0.29) is 35.5 Å². The lowest BCUT2D eigenvalue weighted by molar-refractivity contribution is -0.148. The molecule has 1 amide bonds. The Balaban J connectivity index is 2.20. The van der Waals surface area contributed by atoms with Crippen LogP contribution in [0.25, 0.3) is 0 Å². The first-order valence-corrected chi connectivity index (χ1v) is 7.78. The zero-order valence-corrected chi connectivity index (χ0v) is 12.8. The van der Waals surface area contributed by atoms with Gasteiger partial charge >= 0.3 is 5.97 Å². The SMILES string of the molecule is CC(=O)SCC1CC(=O)N(C(C(=O)O)c2ccccc2F)C1. The van der Waals surface area contributed by atoms with E-state index in [0.29, 0.717) is 5.75 Å². The Bertz CT molecular complexity index is 607. The second-order valence-corrected chi connectivity index (χ2v) is 6.38. The number of thioether (sulfide) groups is 1. The molecule has 22 heavy (non-hydrogen) atoms. The standard InChI is InChI=1S/C15H16FNO4S/c1-9(18)22-8-10-6-13(19)17(7-10)14(15(20)21)11-4-2-3-5-12(11)16/h2-5,10,14H,6-8H2,1H3,(H,20,21). The molecule has 1 saturated heterocycles. The minimum absolute atomic E-state index is 0.0248. The summed E-state index contributed by atoms with van der Waals surface area (Å²) in [6.07, 6.45) is 0.179. The van der Waals surface area contributed by atoms with Gasteiger partial charge in [0.15, 0.2) is 11.2 Å². The lowest BCUT2D eigenvalue weighted by atomic mass is 10.0. The van der Waals surface area contributed by atoms with Crippen molar-refractivity contribution in [3.05, 3.63) is 35.6 Å².